The molecule has 0 saturated heterocycles. The molecule has 0 bridgehead atoms. The number of hydrogen-bond acceptors (Lipinski definition) is 2. The fourth-order valence-corrected chi connectivity index (χ4v) is 0.874. The topological polar surface area (TPSA) is 46.5 Å². The van der Waals surface area contributed by atoms with Crippen LogP contribution in [0.4, 0.5) is 0 Å². The second-order valence-electron chi connectivity index (χ2n) is 1.64. The second-order valence-corrected chi connectivity index (χ2v) is 2.30. The summed E-state index contributed by atoms with van der Waals surface area (Å²) in [6.07, 6.45) is 0. The van der Waals surface area contributed by atoms with Crippen LogP contribution in [0.2, 0.25) is 0 Å². The average Bonchev–Trinajstić information content (AvgIpc) is 1.88. The Morgan fingerprint density at radius 1 is 1.27 bits per heavy atom. The van der Waals surface area contributed by atoms with Gasteiger partial charge in [0.25, 0.3) is 0 Å². The van der Waals surface area contributed by atoms with Crippen LogP contribution in [0.5, 0.6) is 5.75 Å². The van der Waals surface area contributed by atoms with Crippen molar-refractivity contribution in [3.63, 3.8) is 0 Å². The first kappa shape index (κ1) is 10.6. The maximum absolute atomic E-state index is 10.1. The van der Waals surface area contributed by atoms with E-state index in [1.807, 2.05) is 0 Å². The first-order valence-electron chi connectivity index (χ1n) is 2.68. The van der Waals surface area contributed by atoms with Gasteiger partial charge < -0.3 is 0 Å². The minimum atomic E-state index is -2.53. The third kappa shape index (κ3) is 4.13. The molecule has 1 N–H and O–H groups in total. The minimum Gasteiger partial charge on any atom is -0.229 e. The molecule has 0 saturated carbocycles. The van der Waals surface area contributed by atoms with Gasteiger partial charge in [-0.05, 0) is 12.1 Å². The van der Waals surface area contributed by atoms with Gasteiger partial charge in [0.1, 0.15) is 0 Å². The first-order chi connectivity index (χ1) is 4.79. The zero-order chi connectivity index (χ0) is 7.40. The van der Waals surface area contributed by atoms with Crippen LogP contribution in [0.3, 0.4) is 0 Å². The molecule has 5 heteroatoms. The van der Waals surface area contributed by atoms with Crippen LogP contribution in [0.25, 0.3) is 0 Å². The largest absolute Gasteiger partial charge is 0.747 e. The zero-order valence-corrected chi connectivity index (χ0v) is 7.68. The Bertz CT molecular complexity index is 227. The van der Waals surface area contributed by atoms with Crippen LogP contribution in [0.1, 0.15) is 0 Å². The molecule has 0 fully saturated rings. The minimum absolute atomic E-state index is 0. The summed E-state index contributed by atoms with van der Waals surface area (Å²) in [6.45, 7) is 0. The second kappa shape index (κ2) is 5.29. The Labute approximate surface area is 76.1 Å². The van der Waals surface area contributed by atoms with Crippen LogP contribution in [0, 0.1) is 0 Å². The van der Waals surface area contributed by atoms with Gasteiger partial charge in [0, 0.05) is 21.9 Å². The molecular weight excluding hydrogens is 203 g/mol. The van der Waals surface area contributed by atoms with Crippen LogP contribution in [0.15, 0.2) is 30.3 Å². The van der Waals surface area contributed by atoms with Crippen molar-refractivity contribution in [3.05, 3.63) is 30.3 Å². The van der Waals surface area contributed by atoms with Crippen molar-refractivity contribution in [2.24, 2.45) is 0 Å². The smallest absolute Gasteiger partial charge is 0.229 e. The van der Waals surface area contributed by atoms with E-state index >= 15 is 0 Å². The van der Waals surface area contributed by atoms with E-state index < -0.39 is 8.25 Å². The molecule has 3 nitrogen and oxygen atoms in total. The van der Waals surface area contributed by atoms with Crippen LogP contribution in [-0.2, 0) is 21.9 Å². The number of benzene rings is 1. The summed E-state index contributed by atoms with van der Waals surface area (Å²) >= 11 is 0. The summed E-state index contributed by atoms with van der Waals surface area (Å²) in [5, 5.41) is 0. The van der Waals surface area contributed by atoms with Gasteiger partial charge in [0.2, 0.25) is 0 Å². The van der Waals surface area contributed by atoms with Gasteiger partial charge in [-0.15, -0.1) is 4.89 Å². The van der Waals surface area contributed by atoms with E-state index in [-0.39, 0.29) is 17.4 Å². The molecule has 1 unspecified atom stereocenters. The molecule has 11 heavy (non-hydrogen) atoms. The standard InChI is InChI=1S/C6H5O3P.Cr/c7-10(8)9-6-4-2-1-3-5-6;/h1-5H;/p+1. The predicted octanol–water partition coefficient (Wildman–Crippen LogP) is 1.71. The Morgan fingerprint density at radius 2 is 1.82 bits per heavy atom. The third-order valence-corrected chi connectivity index (χ3v) is 1.29. The van der Waals surface area contributed by atoms with Gasteiger partial charge in [-0.25, -0.2) is 4.52 Å². The van der Waals surface area contributed by atoms with Crippen LogP contribution in [-0.4, -0.2) is 4.89 Å². The van der Waals surface area contributed by atoms with Crippen molar-refractivity contribution in [2.45, 2.75) is 0 Å². The van der Waals surface area contributed by atoms with Crippen molar-refractivity contribution >= 4 is 8.25 Å². The zero-order valence-electron chi connectivity index (χ0n) is 5.51. The summed E-state index contributed by atoms with van der Waals surface area (Å²) in [5.74, 6) is 0.408. The van der Waals surface area contributed by atoms with Crippen LogP contribution >= 0.6 is 8.25 Å². The van der Waals surface area contributed by atoms with Gasteiger partial charge in [0.15, 0.2) is 5.75 Å². The Balaban J connectivity index is 0.000001000. The van der Waals surface area contributed by atoms with Crippen molar-refractivity contribution < 1.29 is 31.3 Å². The van der Waals surface area contributed by atoms with E-state index in [0.717, 1.165) is 0 Å². The molecular formula is C6H6CrO3P+. The van der Waals surface area contributed by atoms with E-state index in [1.165, 1.54) is 0 Å². The summed E-state index contributed by atoms with van der Waals surface area (Å²) in [6, 6.07) is 8.49. The van der Waals surface area contributed by atoms with E-state index in [9.17, 15) is 4.57 Å². The Hall–Kier alpha value is -0.388. The molecule has 1 atom stereocenters. The van der Waals surface area contributed by atoms with Crippen LogP contribution < -0.4 is 4.52 Å². The average molecular weight is 209 g/mol. The summed E-state index contributed by atoms with van der Waals surface area (Å²) < 4.78 is 14.6. The van der Waals surface area contributed by atoms with Gasteiger partial charge >= 0.3 is 8.25 Å². The van der Waals surface area contributed by atoms with Gasteiger partial charge in [0.05, 0.1) is 0 Å². The molecule has 1 aromatic carbocycles. The fraction of sp³-hybridized carbons (Fsp3) is 0. The third-order valence-electron chi connectivity index (χ3n) is 0.927. The number of hydrogen-bond donors (Lipinski definition) is 1. The van der Waals surface area contributed by atoms with E-state index in [0.29, 0.717) is 5.75 Å². The van der Waals surface area contributed by atoms with E-state index in [4.69, 9.17) is 4.89 Å². The first-order valence-corrected chi connectivity index (χ1v) is 3.81. The van der Waals surface area contributed by atoms with Crippen molar-refractivity contribution in [2.75, 3.05) is 0 Å². The van der Waals surface area contributed by atoms with E-state index in [1.54, 1.807) is 30.3 Å². The fourth-order valence-electron chi connectivity index (χ4n) is 0.572. The Kier molecular flexibility index (Phi) is 5.10. The molecule has 0 aliphatic rings. The normalized spacial score (nSPS) is 9.73. The maximum atomic E-state index is 10.1. The summed E-state index contributed by atoms with van der Waals surface area (Å²) in [7, 11) is -2.53. The van der Waals surface area contributed by atoms with Gasteiger partial charge in [-0.2, -0.15) is 0 Å². The molecule has 0 aromatic heterocycles. The molecule has 1 aromatic rings. The molecule has 0 aliphatic carbocycles. The van der Waals surface area contributed by atoms with E-state index in [2.05, 4.69) is 4.52 Å². The number of para-hydroxylation sites is 1. The van der Waals surface area contributed by atoms with Gasteiger partial charge in [-0.3, -0.25) is 0 Å². The summed E-state index contributed by atoms with van der Waals surface area (Å²) in [4.78, 5) is 8.29. The maximum Gasteiger partial charge on any atom is 0.747 e. The number of rotatable bonds is 2. The molecule has 0 heterocycles. The van der Waals surface area contributed by atoms with Gasteiger partial charge in [-0.1, -0.05) is 18.2 Å². The summed E-state index contributed by atoms with van der Waals surface area (Å²) in [5.41, 5.74) is 0. The predicted molar refractivity (Wildman–Crippen MR) is 36.9 cm³/mol. The van der Waals surface area contributed by atoms with Crippen molar-refractivity contribution in [3.8, 4) is 5.75 Å². The van der Waals surface area contributed by atoms with Crippen molar-refractivity contribution in [1.29, 1.82) is 0 Å². The molecule has 0 spiro atoms. The molecule has 58 valence electrons. The monoisotopic (exact) mass is 209 g/mol. The SMILES string of the molecule is O=[P+](O)Oc1ccccc1.[Cr]. The molecule has 0 amide bonds. The molecule has 0 aliphatic heterocycles. The quantitative estimate of drug-likeness (QED) is 0.754. The Morgan fingerprint density at radius 3 is 2.27 bits per heavy atom. The molecule has 1 rings (SSSR count). The molecule has 0 radical (unpaired) electrons. The van der Waals surface area contributed by atoms with Crippen molar-refractivity contribution in [1.82, 2.24) is 0 Å².